The zero-order valence-electron chi connectivity index (χ0n) is 10.00. The zero-order chi connectivity index (χ0) is 12.8. The molecule has 0 amide bonds. The van der Waals surface area contributed by atoms with Gasteiger partial charge in [0.1, 0.15) is 0 Å². The van der Waals surface area contributed by atoms with E-state index in [1.165, 1.54) is 0 Å². The van der Waals surface area contributed by atoms with Crippen molar-refractivity contribution in [3.63, 3.8) is 0 Å². The van der Waals surface area contributed by atoms with Crippen LogP contribution >= 0.6 is 0 Å². The van der Waals surface area contributed by atoms with Crippen molar-refractivity contribution >= 4 is 11.3 Å². The van der Waals surface area contributed by atoms with Crippen LogP contribution in [0.1, 0.15) is 11.6 Å². The molecule has 6 heteroatoms. The molecule has 1 unspecified atom stereocenters. The molecule has 0 saturated heterocycles. The maximum Gasteiger partial charge on any atom is 0.0597 e. The summed E-state index contributed by atoms with van der Waals surface area (Å²) in [6.45, 7) is 0.601. The highest BCUT2D eigenvalue weighted by molar-refractivity contribution is 7.77. The normalized spacial score (nSPS) is 16.8. The first-order valence-corrected chi connectivity index (χ1v) is 6.39. The summed E-state index contributed by atoms with van der Waals surface area (Å²) in [5, 5.41) is 0. The van der Waals surface area contributed by atoms with Gasteiger partial charge in [-0.05, 0) is 19.7 Å². The Balaban J connectivity index is 2.84. The number of hydrogen-bond donors (Lipinski definition) is 2. The predicted octanol–water partition coefficient (Wildman–Crippen LogP) is 0.000300. The monoisotopic (exact) mass is 256 g/mol. The average molecular weight is 256 g/mol. The second-order valence-electron chi connectivity index (χ2n) is 4.17. The summed E-state index contributed by atoms with van der Waals surface area (Å²) in [5.41, 5.74) is 6.89. The van der Waals surface area contributed by atoms with Crippen LogP contribution in [0.25, 0.3) is 0 Å². The Kier molecular flexibility index (Phi) is 5.73. The van der Waals surface area contributed by atoms with Crippen molar-refractivity contribution in [1.82, 2.24) is 9.62 Å². The molecule has 0 aliphatic rings. The van der Waals surface area contributed by atoms with Crippen LogP contribution in [-0.4, -0.2) is 40.3 Å². The molecule has 0 spiro atoms. The minimum atomic E-state index is -2.33. The summed E-state index contributed by atoms with van der Waals surface area (Å²) >= 11 is -2.33. The van der Waals surface area contributed by atoms with Gasteiger partial charge in [-0.25, -0.2) is 4.72 Å². The van der Waals surface area contributed by atoms with Crippen LogP contribution in [0, 0.1) is 0 Å². The van der Waals surface area contributed by atoms with Crippen LogP contribution < -0.4 is 10.5 Å². The lowest BCUT2D eigenvalue weighted by Crippen LogP contribution is -2.44. The fraction of sp³-hybridized carbons (Fsp3) is 0.455. The fourth-order valence-corrected chi connectivity index (χ4v) is 2.21. The van der Waals surface area contributed by atoms with E-state index in [1.807, 2.05) is 49.3 Å². The van der Waals surface area contributed by atoms with Gasteiger partial charge in [-0.2, -0.15) is 0 Å². The van der Waals surface area contributed by atoms with Gasteiger partial charge in [0, 0.05) is 23.9 Å². The zero-order valence-corrected chi connectivity index (χ0v) is 10.8. The second-order valence-corrected chi connectivity index (χ2v) is 4.87. The Bertz CT molecular complexity index is 359. The van der Waals surface area contributed by atoms with Gasteiger partial charge in [-0.3, -0.25) is 4.21 Å². The summed E-state index contributed by atoms with van der Waals surface area (Å²) in [7, 11) is 3.80. The van der Waals surface area contributed by atoms with Crippen molar-refractivity contribution < 1.29 is 8.76 Å². The number of nitrogens with one attached hydrogen (secondary N) is 1. The molecule has 0 bridgehead atoms. The molecule has 0 fully saturated rings. The Hall–Kier alpha value is -0.790. The smallest absolute Gasteiger partial charge is 0.0597 e. The lowest BCUT2D eigenvalue weighted by Gasteiger charge is -2.28. The van der Waals surface area contributed by atoms with E-state index in [-0.39, 0.29) is 6.04 Å². The third kappa shape index (κ3) is 4.93. The first-order chi connectivity index (χ1) is 8.00. The van der Waals surface area contributed by atoms with Crippen LogP contribution in [0.3, 0.4) is 0 Å². The van der Waals surface area contributed by atoms with Gasteiger partial charge in [0.15, 0.2) is 0 Å². The number of nitrogens with two attached hydrogens (primary N) is 1. The second kappa shape index (κ2) is 6.83. The first-order valence-electron chi connectivity index (χ1n) is 5.31. The molecular weight excluding hydrogens is 238 g/mol. The average Bonchev–Trinajstić information content (AvgIpc) is 2.25. The molecule has 3 atom stereocenters. The van der Waals surface area contributed by atoms with Gasteiger partial charge < -0.3 is 15.2 Å². The Morgan fingerprint density at radius 1 is 1.41 bits per heavy atom. The minimum Gasteiger partial charge on any atom is -0.760 e. The lowest BCUT2D eigenvalue weighted by molar-refractivity contribution is 0.337. The summed E-state index contributed by atoms with van der Waals surface area (Å²) < 4.78 is 24.1. The standard InChI is InChI=1S/C11H19N3O2S/c1-14(2)8-10(12)11(13-17(15)16)9-6-4-3-5-7-9/h3-7,10-11,13H,8,12H2,1-2H3,(H,15,16)/p-1/t10-,11+/m1/s1. The molecule has 1 rings (SSSR count). The van der Waals surface area contributed by atoms with E-state index < -0.39 is 17.3 Å². The molecule has 1 aromatic carbocycles. The maximum atomic E-state index is 10.8. The molecule has 96 valence electrons. The molecule has 3 N–H and O–H groups in total. The van der Waals surface area contributed by atoms with Crippen LogP contribution in [-0.2, 0) is 11.3 Å². The van der Waals surface area contributed by atoms with E-state index in [2.05, 4.69) is 4.72 Å². The highest BCUT2D eigenvalue weighted by atomic mass is 32.2. The summed E-state index contributed by atoms with van der Waals surface area (Å²) in [4.78, 5) is 1.93. The van der Waals surface area contributed by atoms with Crippen molar-refractivity contribution in [3.8, 4) is 0 Å². The van der Waals surface area contributed by atoms with Gasteiger partial charge >= 0.3 is 0 Å². The quantitative estimate of drug-likeness (QED) is 0.702. The van der Waals surface area contributed by atoms with E-state index in [4.69, 9.17) is 5.73 Å². The van der Waals surface area contributed by atoms with E-state index in [9.17, 15) is 8.76 Å². The molecule has 0 aromatic heterocycles. The molecule has 0 aliphatic carbocycles. The third-order valence-electron chi connectivity index (χ3n) is 2.39. The molecule has 0 saturated carbocycles. The summed E-state index contributed by atoms with van der Waals surface area (Å²) in [6, 6.07) is 8.62. The Morgan fingerprint density at radius 3 is 2.47 bits per heavy atom. The first kappa shape index (κ1) is 14.3. The highest BCUT2D eigenvalue weighted by Gasteiger charge is 2.20. The molecule has 17 heavy (non-hydrogen) atoms. The van der Waals surface area contributed by atoms with Gasteiger partial charge in [-0.15, -0.1) is 0 Å². The third-order valence-corrected chi connectivity index (χ3v) is 2.83. The van der Waals surface area contributed by atoms with E-state index in [0.29, 0.717) is 6.54 Å². The number of benzene rings is 1. The number of rotatable bonds is 6. The Morgan fingerprint density at radius 2 is 2.00 bits per heavy atom. The SMILES string of the molecule is CN(C)C[C@@H](N)[C@@H](NS(=O)[O-])c1ccccc1. The topological polar surface area (TPSA) is 81.4 Å². The van der Waals surface area contributed by atoms with E-state index in [1.54, 1.807) is 0 Å². The van der Waals surface area contributed by atoms with Gasteiger partial charge in [0.05, 0.1) is 6.04 Å². The molecule has 0 heterocycles. The van der Waals surface area contributed by atoms with Gasteiger partial charge in [0.25, 0.3) is 0 Å². The molecular formula is C11H18N3O2S-. The largest absolute Gasteiger partial charge is 0.760 e. The highest BCUT2D eigenvalue weighted by Crippen LogP contribution is 2.16. The van der Waals surface area contributed by atoms with Gasteiger partial charge in [0.2, 0.25) is 0 Å². The molecule has 1 aromatic rings. The lowest BCUT2D eigenvalue weighted by atomic mass is 10.0. The van der Waals surface area contributed by atoms with E-state index >= 15 is 0 Å². The van der Waals surface area contributed by atoms with Crippen LogP contribution in [0.2, 0.25) is 0 Å². The van der Waals surface area contributed by atoms with Crippen molar-refractivity contribution in [1.29, 1.82) is 0 Å². The number of likely N-dealkylation sites (N-methyl/N-ethyl adjacent to an activating group) is 1. The molecule has 0 aliphatic heterocycles. The predicted molar refractivity (Wildman–Crippen MR) is 67.8 cm³/mol. The van der Waals surface area contributed by atoms with Crippen LogP contribution in [0.5, 0.6) is 0 Å². The maximum absolute atomic E-state index is 10.8. The van der Waals surface area contributed by atoms with Crippen LogP contribution in [0.15, 0.2) is 30.3 Å². The molecule has 5 nitrogen and oxygen atoms in total. The summed E-state index contributed by atoms with van der Waals surface area (Å²) in [6.07, 6.45) is 0. The Labute approximate surface area is 104 Å². The van der Waals surface area contributed by atoms with Gasteiger partial charge in [-0.1, -0.05) is 30.3 Å². The summed E-state index contributed by atoms with van der Waals surface area (Å²) in [5.74, 6) is 0. The van der Waals surface area contributed by atoms with Crippen LogP contribution in [0.4, 0.5) is 0 Å². The number of nitrogens with zero attached hydrogens (tertiary/aromatic N) is 1. The van der Waals surface area contributed by atoms with Crippen molar-refractivity contribution in [3.05, 3.63) is 35.9 Å². The van der Waals surface area contributed by atoms with E-state index in [0.717, 1.165) is 5.56 Å². The molecule has 0 radical (unpaired) electrons. The van der Waals surface area contributed by atoms with Crippen molar-refractivity contribution in [2.24, 2.45) is 5.73 Å². The minimum absolute atomic E-state index is 0.301. The van der Waals surface area contributed by atoms with Crippen molar-refractivity contribution in [2.75, 3.05) is 20.6 Å². The number of hydrogen-bond acceptors (Lipinski definition) is 4. The fourth-order valence-electron chi connectivity index (χ4n) is 1.69. The van der Waals surface area contributed by atoms with Crippen molar-refractivity contribution in [2.45, 2.75) is 12.1 Å².